The third-order valence-electron chi connectivity index (χ3n) is 6.64. The molecule has 0 saturated heterocycles. The summed E-state index contributed by atoms with van der Waals surface area (Å²) in [7, 11) is 3.35. The molecule has 1 aliphatic rings. The fraction of sp³-hybridized carbons (Fsp3) is 0.345. The number of aldehydes is 1. The molecule has 0 bridgehead atoms. The van der Waals surface area contributed by atoms with Gasteiger partial charge in [-0.05, 0) is 72.6 Å². The van der Waals surface area contributed by atoms with Gasteiger partial charge in [-0.1, -0.05) is 36.4 Å². The number of fused-ring (bicyclic) bond motifs is 1. The summed E-state index contributed by atoms with van der Waals surface area (Å²) in [6.07, 6.45) is 4.00. The van der Waals surface area contributed by atoms with Crippen molar-refractivity contribution in [2.45, 2.75) is 38.6 Å². The van der Waals surface area contributed by atoms with Gasteiger partial charge in [0.1, 0.15) is 17.8 Å². The predicted octanol–water partition coefficient (Wildman–Crippen LogP) is 5.79. The normalized spacial score (nSPS) is 14.9. The van der Waals surface area contributed by atoms with Crippen LogP contribution in [-0.2, 0) is 24.1 Å². The average Bonchev–Trinajstić information content (AvgIpc) is 2.90. The zero-order valence-corrected chi connectivity index (χ0v) is 20.3. The maximum atomic E-state index is 11.0. The lowest BCUT2D eigenvalue weighted by Crippen LogP contribution is -2.25. The van der Waals surface area contributed by atoms with Gasteiger partial charge in [0, 0.05) is 37.5 Å². The molecule has 0 N–H and O–H groups in total. The highest BCUT2D eigenvalue weighted by molar-refractivity contribution is 5.74. The van der Waals surface area contributed by atoms with Gasteiger partial charge in [0.15, 0.2) is 6.79 Å². The van der Waals surface area contributed by atoms with Crippen molar-refractivity contribution in [2.75, 3.05) is 32.5 Å². The van der Waals surface area contributed by atoms with Gasteiger partial charge in [-0.2, -0.15) is 0 Å². The molecule has 0 saturated carbocycles. The molecule has 1 atom stereocenters. The van der Waals surface area contributed by atoms with Crippen molar-refractivity contribution in [1.29, 1.82) is 0 Å². The van der Waals surface area contributed by atoms with Crippen molar-refractivity contribution in [3.05, 3.63) is 88.5 Å². The highest BCUT2D eigenvalue weighted by Gasteiger charge is 2.25. The van der Waals surface area contributed by atoms with E-state index in [4.69, 9.17) is 14.2 Å². The van der Waals surface area contributed by atoms with E-state index in [2.05, 4.69) is 42.2 Å². The highest BCUT2D eigenvalue weighted by Crippen LogP contribution is 2.40. The molecule has 4 rings (SSSR count). The van der Waals surface area contributed by atoms with Crippen LogP contribution < -0.4 is 14.4 Å². The molecular weight excluding hydrogens is 426 g/mol. The van der Waals surface area contributed by atoms with Gasteiger partial charge in [-0.15, -0.1) is 0 Å². The van der Waals surface area contributed by atoms with Crippen LogP contribution in [-0.4, -0.2) is 33.8 Å². The largest absolute Gasteiger partial charge is 0.497 e. The predicted molar refractivity (Wildman–Crippen MR) is 135 cm³/mol. The van der Waals surface area contributed by atoms with E-state index in [1.807, 2.05) is 30.3 Å². The van der Waals surface area contributed by atoms with Crippen molar-refractivity contribution >= 4 is 12.0 Å². The van der Waals surface area contributed by atoms with Gasteiger partial charge >= 0.3 is 0 Å². The molecule has 0 amide bonds. The van der Waals surface area contributed by atoms with Gasteiger partial charge in [0.05, 0.1) is 7.11 Å². The SMILES string of the molecule is CCN(Cc1ccc(C=O)cc1)c1cc(OC)ccc1C1CCc2cc(OCOC)ccc2C1. The van der Waals surface area contributed by atoms with Crippen LogP contribution in [0.4, 0.5) is 5.69 Å². The smallest absolute Gasteiger partial charge is 0.188 e. The number of nitrogens with zero attached hydrogens (tertiary/aromatic N) is 1. The summed E-state index contributed by atoms with van der Waals surface area (Å²) in [5.41, 5.74) is 7.20. The minimum atomic E-state index is 0.265. The third kappa shape index (κ3) is 5.42. The Labute approximate surface area is 202 Å². The number of hydrogen-bond acceptors (Lipinski definition) is 5. The zero-order chi connectivity index (χ0) is 23.9. The van der Waals surface area contributed by atoms with Crippen LogP contribution in [0.5, 0.6) is 11.5 Å². The number of anilines is 1. The summed E-state index contributed by atoms with van der Waals surface area (Å²) < 4.78 is 16.2. The topological polar surface area (TPSA) is 48.0 Å². The fourth-order valence-electron chi connectivity index (χ4n) is 4.77. The van der Waals surface area contributed by atoms with Crippen LogP contribution in [0.25, 0.3) is 0 Å². The average molecular weight is 460 g/mol. The van der Waals surface area contributed by atoms with Crippen LogP contribution in [0.1, 0.15) is 51.9 Å². The summed E-state index contributed by atoms with van der Waals surface area (Å²) in [6, 6.07) is 20.7. The first-order chi connectivity index (χ1) is 16.6. The molecule has 0 aromatic heterocycles. The Bertz CT molecular complexity index is 1110. The van der Waals surface area contributed by atoms with Crippen molar-refractivity contribution in [2.24, 2.45) is 0 Å². The van der Waals surface area contributed by atoms with Crippen molar-refractivity contribution in [3.63, 3.8) is 0 Å². The maximum absolute atomic E-state index is 11.0. The van der Waals surface area contributed by atoms with E-state index in [0.717, 1.165) is 50.1 Å². The summed E-state index contributed by atoms with van der Waals surface area (Å²) in [5.74, 6) is 2.16. The summed E-state index contributed by atoms with van der Waals surface area (Å²) in [4.78, 5) is 13.4. The molecule has 0 spiro atoms. The van der Waals surface area contributed by atoms with E-state index in [0.29, 0.717) is 11.5 Å². The Hall–Kier alpha value is -3.31. The summed E-state index contributed by atoms with van der Waals surface area (Å²) in [5, 5.41) is 0. The van der Waals surface area contributed by atoms with E-state index in [-0.39, 0.29) is 6.79 Å². The van der Waals surface area contributed by atoms with Crippen molar-refractivity contribution in [1.82, 2.24) is 0 Å². The number of rotatable bonds is 10. The number of carbonyl (C=O) groups excluding carboxylic acids is 1. The van der Waals surface area contributed by atoms with Gasteiger partial charge < -0.3 is 19.1 Å². The second kappa shape index (κ2) is 11.2. The quantitative estimate of drug-likeness (QED) is 0.284. The number of benzene rings is 3. The van der Waals surface area contributed by atoms with Gasteiger partial charge in [0.2, 0.25) is 0 Å². The van der Waals surface area contributed by atoms with Crippen LogP contribution in [0.15, 0.2) is 60.7 Å². The molecule has 5 nitrogen and oxygen atoms in total. The van der Waals surface area contributed by atoms with Crippen LogP contribution in [0.3, 0.4) is 0 Å². The van der Waals surface area contributed by atoms with E-state index in [1.165, 1.54) is 27.9 Å². The first-order valence-electron chi connectivity index (χ1n) is 11.9. The molecule has 0 fully saturated rings. The van der Waals surface area contributed by atoms with Gasteiger partial charge in [0.25, 0.3) is 0 Å². The molecule has 1 aliphatic carbocycles. The zero-order valence-electron chi connectivity index (χ0n) is 20.3. The third-order valence-corrected chi connectivity index (χ3v) is 6.64. The number of hydrogen-bond donors (Lipinski definition) is 0. The molecule has 0 aliphatic heterocycles. The Morgan fingerprint density at radius 3 is 2.47 bits per heavy atom. The molecular formula is C29H33NO4. The Kier molecular flexibility index (Phi) is 7.86. The second-order valence-corrected chi connectivity index (χ2v) is 8.72. The first kappa shape index (κ1) is 23.8. The Morgan fingerprint density at radius 1 is 0.971 bits per heavy atom. The minimum Gasteiger partial charge on any atom is -0.497 e. The number of aryl methyl sites for hydroxylation is 1. The van der Waals surface area contributed by atoms with Crippen LogP contribution in [0.2, 0.25) is 0 Å². The van der Waals surface area contributed by atoms with Crippen molar-refractivity contribution in [3.8, 4) is 11.5 Å². The Morgan fingerprint density at radius 2 is 1.76 bits per heavy atom. The fourth-order valence-corrected chi connectivity index (χ4v) is 4.77. The molecule has 3 aromatic carbocycles. The molecule has 5 heteroatoms. The second-order valence-electron chi connectivity index (χ2n) is 8.72. The van der Waals surface area contributed by atoms with Crippen molar-refractivity contribution < 1.29 is 19.0 Å². The highest BCUT2D eigenvalue weighted by atomic mass is 16.7. The van der Waals surface area contributed by atoms with Crippen LogP contribution in [0, 0.1) is 0 Å². The standard InChI is InChI=1S/C29H33NO4/c1-4-30(18-21-5-7-22(19-31)8-6-21)29-17-26(33-3)13-14-28(29)25-10-9-24-16-27(34-20-32-2)12-11-23(24)15-25/h5-8,11-14,16-17,19,25H,4,9-10,15,18,20H2,1-3H3. The lowest BCUT2D eigenvalue weighted by Gasteiger charge is -2.32. The summed E-state index contributed by atoms with van der Waals surface area (Å²) >= 11 is 0. The van der Waals surface area contributed by atoms with Gasteiger partial charge in [-0.25, -0.2) is 0 Å². The number of carbonyl (C=O) groups is 1. The first-order valence-corrected chi connectivity index (χ1v) is 11.9. The van der Waals surface area contributed by atoms with E-state index in [1.54, 1.807) is 14.2 Å². The lowest BCUT2D eigenvalue weighted by molar-refractivity contribution is 0.0510. The lowest BCUT2D eigenvalue weighted by atomic mass is 9.79. The summed E-state index contributed by atoms with van der Waals surface area (Å²) in [6.45, 7) is 4.10. The Balaban J connectivity index is 1.60. The number of ether oxygens (including phenoxy) is 3. The molecule has 1 unspecified atom stereocenters. The van der Waals surface area contributed by atoms with Gasteiger partial charge in [-0.3, -0.25) is 4.79 Å². The van der Waals surface area contributed by atoms with E-state index in [9.17, 15) is 4.79 Å². The monoisotopic (exact) mass is 459 g/mol. The van der Waals surface area contributed by atoms with E-state index >= 15 is 0 Å². The molecule has 3 aromatic rings. The molecule has 178 valence electrons. The molecule has 0 heterocycles. The minimum absolute atomic E-state index is 0.265. The number of methoxy groups -OCH3 is 2. The molecule has 0 radical (unpaired) electrons. The van der Waals surface area contributed by atoms with E-state index < -0.39 is 0 Å². The van der Waals surface area contributed by atoms with Crippen LogP contribution >= 0.6 is 0 Å². The maximum Gasteiger partial charge on any atom is 0.188 e. The molecule has 34 heavy (non-hydrogen) atoms.